The van der Waals surface area contributed by atoms with E-state index >= 15 is 0 Å². The summed E-state index contributed by atoms with van der Waals surface area (Å²) in [5.41, 5.74) is 0.290. The minimum Gasteiger partial charge on any atom is -0.477 e. The van der Waals surface area contributed by atoms with Crippen LogP contribution in [0.3, 0.4) is 0 Å². The maximum Gasteiger partial charge on any atom is 0.353 e. The van der Waals surface area contributed by atoms with Gasteiger partial charge in [-0.3, -0.25) is 0 Å². The number of aromatic nitrogens is 1. The normalized spacial score (nSPS) is 10.2. The largest absolute Gasteiger partial charge is 0.477 e. The lowest BCUT2D eigenvalue weighted by atomic mass is 10.4. The highest BCUT2D eigenvalue weighted by atomic mass is 35.5. The van der Waals surface area contributed by atoms with Gasteiger partial charge in [0.1, 0.15) is 5.69 Å². The Hall–Kier alpha value is -0.380. The summed E-state index contributed by atoms with van der Waals surface area (Å²) in [5.74, 6) is -1.05. The highest BCUT2D eigenvalue weighted by Crippen LogP contribution is 2.30. The molecule has 2 N–H and O–H groups in total. The maximum absolute atomic E-state index is 10.5. The molecule has 66 valence electrons. The second kappa shape index (κ2) is 3.56. The molecule has 0 aliphatic heterocycles. The van der Waals surface area contributed by atoms with Gasteiger partial charge in [0.25, 0.3) is 0 Å². The molecule has 1 heterocycles. The van der Waals surface area contributed by atoms with Crippen LogP contribution in [0.1, 0.15) is 16.2 Å². The third-order valence-corrected chi connectivity index (χ3v) is 2.46. The molecule has 0 radical (unpaired) electrons. The predicted molar refractivity (Wildman–Crippen MR) is 47.3 cm³/mol. The molecule has 0 aromatic carbocycles. The van der Waals surface area contributed by atoms with E-state index in [9.17, 15) is 4.79 Å². The quantitative estimate of drug-likeness (QED) is 0.765. The smallest absolute Gasteiger partial charge is 0.353 e. The van der Waals surface area contributed by atoms with Crippen LogP contribution in [0.4, 0.5) is 0 Å². The summed E-state index contributed by atoms with van der Waals surface area (Å²) in [6.45, 7) is 0. The van der Waals surface area contributed by atoms with E-state index in [0.29, 0.717) is 5.69 Å². The molecule has 0 fully saturated rings. The first-order valence-corrected chi connectivity index (χ1v) is 4.22. The second-order valence-corrected chi connectivity index (χ2v) is 3.07. The number of halogens is 3. The van der Waals surface area contributed by atoms with Gasteiger partial charge < -0.3 is 10.1 Å². The third-order valence-electron chi connectivity index (χ3n) is 1.30. The van der Waals surface area contributed by atoms with Gasteiger partial charge in [-0.05, 0) is 0 Å². The van der Waals surface area contributed by atoms with Crippen LogP contribution in [0.25, 0.3) is 0 Å². The van der Waals surface area contributed by atoms with E-state index in [4.69, 9.17) is 39.9 Å². The Kier molecular flexibility index (Phi) is 2.88. The fraction of sp³-hybridized carbons (Fsp3) is 0.167. The molecule has 0 aliphatic carbocycles. The fourth-order valence-corrected chi connectivity index (χ4v) is 1.46. The Morgan fingerprint density at radius 2 is 2.00 bits per heavy atom. The number of alkyl halides is 1. The van der Waals surface area contributed by atoms with Crippen LogP contribution in [0.2, 0.25) is 10.0 Å². The van der Waals surface area contributed by atoms with Crippen LogP contribution in [0, 0.1) is 0 Å². The summed E-state index contributed by atoms with van der Waals surface area (Å²) in [7, 11) is 0. The molecule has 0 atom stereocenters. The lowest BCUT2D eigenvalue weighted by molar-refractivity contribution is 0.0691. The molecule has 1 rings (SSSR count). The number of carbonyl (C=O) groups is 1. The predicted octanol–water partition coefficient (Wildman–Crippen LogP) is 2.76. The highest BCUT2D eigenvalue weighted by Gasteiger charge is 2.18. The molecule has 6 heteroatoms. The van der Waals surface area contributed by atoms with E-state index in [1.807, 2.05) is 0 Å². The third kappa shape index (κ3) is 1.53. The van der Waals surface area contributed by atoms with Crippen molar-refractivity contribution < 1.29 is 9.90 Å². The number of hydrogen-bond donors (Lipinski definition) is 2. The number of nitrogens with one attached hydrogen (secondary N) is 1. The highest BCUT2D eigenvalue weighted by molar-refractivity contribution is 6.44. The van der Waals surface area contributed by atoms with Gasteiger partial charge in [-0.25, -0.2) is 4.79 Å². The standard InChI is InChI=1S/C6H4Cl3NO2/c7-1-2-3(8)4(9)5(10-2)6(11)12/h10H,1H2,(H,11,12). The zero-order valence-corrected chi connectivity index (χ0v) is 7.96. The van der Waals surface area contributed by atoms with E-state index in [1.165, 1.54) is 0 Å². The Morgan fingerprint density at radius 3 is 2.25 bits per heavy atom. The van der Waals surface area contributed by atoms with Crippen molar-refractivity contribution in [2.45, 2.75) is 5.88 Å². The second-order valence-electron chi connectivity index (χ2n) is 2.05. The molecule has 12 heavy (non-hydrogen) atoms. The van der Waals surface area contributed by atoms with Crippen molar-refractivity contribution >= 4 is 40.8 Å². The summed E-state index contributed by atoms with van der Waals surface area (Å²) in [6, 6.07) is 0. The monoisotopic (exact) mass is 227 g/mol. The lowest BCUT2D eigenvalue weighted by Crippen LogP contribution is -1.97. The van der Waals surface area contributed by atoms with Gasteiger partial charge in [0.05, 0.1) is 21.6 Å². The molecular weight excluding hydrogens is 224 g/mol. The minimum atomic E-state index is -1.15. The van der Waals surface area contributed by atoms with Crippen LogP contribution in [0.15, 0.2) is 0 Å². The van der Waals surface area contributed by atoms with Gasteiger partial charge in [-0.2, -0.15) is 0 Å². The minimum absolute atomic E-state index is 0.000170. The van der Waals surface area contributed by atoms with E-state index in [0.717, 1.165) is 0 Å². The molecule has 0 unspecified atom stereocenters. The summed E-state index contributed by atoms with van der Waals surface area (Å²) >= 11 is 16.7. The van der Waals surface area contributed by atoms with Gasteiger partial charge in [0.2, 0.25) is 0 Å². The van der Waals surface area contributed by atoms with Crippen molar-refractivity contribution in [2.75, 3.05) is 0 Å². The summed E-state index contributed by atoms with van der Waals surface area (Å²) < 4.78 is 0. The van der Waals surface area contributed by atoms with E-state index in [1.54, 1.807) is 0 Å². The Balaban J connectivity index is 3.25. The molecule has 0 bridgehead atoms. The molecule has 0 amide bonds. The first-order valence-electron chi connectivity index (χ1n) is 2.93. The number of rotatable bonds is 2. The topological polar surface area (TPSA) is 53.1 Å². The van der Waals surface area contributed by atoms with E-state index in [2.05, 4.69) is 4.98 Å². The average Bonchev–Trinajstić information content (AvgIpc) is 2.30. The first-order chi connectivity index (χ1) is 5.57. The molecule has 3 nitrogen and oxygen atoms in total. The van der Waals surface area contributed by atoms with Crippen LogP contribution in [0.5, 0.6) is 0 Å². The molecule has 0 spiro atoms. The number of H-pyrrole nitrogens is 1. The molecule has 1 aromatic heterocycles. The molecule has 0 saturated heterocycles. The van der Waals surface area contributed by atoms with Gasteiger partial charge in [-0.15, -0.1) is 11.6 Å². The van der Waals surface area contributed by atoms with Crippen LogP contribution in [-0.4, -0.2) is 16.1 Å². The van der Waals surface area contributed by atoms with Gasteiger partial charge in [-0.1, -0.05) is 23.2 Å². The maximum atomic E-state index is 10.5. The van der Waals surface area contributed by atoms with Gasteiger partial charge in [0, 0.05) is 0 Å². The van der Waals surface area contributed by atoms with Crippen molar-refractivity contribution in [1.82, 2.24) is 4.98 Å². The molecule has 0 saturated carbocycles. The summed E-state index contributed by atoms with van der Waals surface area (Å²) in [4.78, 5) is 13.0. The number of hydrogen-bond acceptors (Lipinski definition) is 1. The lowest BCUT2D eigenvalue weighted by Gasteiger charge is -1.87. The van der Waals surface area contributed by atoms with E-state index < -0.39 is 5.97 Å². The fourth-order valence-electron chi connectivity index (χ4n) is 0.742. The van der Waals surface area contributed by atoms with Gasteiger partial charge >= 0.3 is 5.97 Å². The molecular formula is C6H4Cl3NO2. The summed E-state index contributed by atoms with van der Waals surface area (Å²) in [5, 5.41) is 8.75. The Bertz CT molecular complexity index is 321. The summed E-state index contributed by atoms with van der Waals surface area (Å²) in [6.07, 6.45) is 0. The molecule has 0 aliphatic rings. The zero-order chi connectivity index (χ0) is 9.30. The average molecular weight is 228 g/mol. The molecule has 1 aromatic rings. The van der Waals surface area contributed by atoms with Crippen LogP contribution < -0.4 is 0 Å². The van der Waals surface area contributed by atoms with Crippen molar-refractivity contribution in [3.63, 3.8) is 0 Å². The zero-order valence-electron chi connectivity index (χ0n) is 5.70. The van der Waals surface area contributed by atoms with Crippen molar-refractivity contribution in [3.05, 3.63) is 21.4 Å². The number of carboxylic acid groups (broad SMARTS) is 1. The number of aromatic amines is 1. The first kappa shape index (κ1) is 9.71. The van der Waals surface area contributed by atoms with Gasteiger partial charge in [0.15, 0.2) is 0 Å². The Morgan fingerprint density at radius 1 is 1.42 bits per heavy atom. The van der Waals surface area contributed by atoms with Crippen LogP contribution >= 0.6 is 34.8 Å². The number of aromatic carboxylic acids is 1. The van der Waals surface area contributed by atoms with E-state index in [-0.39, 0.29) is 21.6 Å². The Labute approximate surface area is 83.2 Å². The number of carboxylic acids is 1. The van der Waals surface area contributed by atoms with Crippen molar-refractivity contribution in [1.29, 1.82) is 0 Å². The van der Waals surface area contributed by atoms with Crippen molar-refractivity contribution in [3.8, 4) is 0 Å². The van der Waals surface area contributed by atoms with Crippen LogP contribution in [-0.2, 0) is 5.88 Å². The SMILES string of the molecule is O=C(O)c1[nH]c(CCl)c(Cl)c1Cl. The van der Waals surface area contributed by atoms with Crippen molar-refractivity contribution in [2.24, 2.45) is 0 Å².